The Morgan fingerprint density at radius 2 is 2.00 bits per heavy atom. The summed E-state index contributed by atoms with van der Waals surface area (Å²) in [5.74, 6) is 1.31. The molecule has 0 N–H and O–H groups in total. The van der Waals surface area contributed by atoms with Crippen LogP contribution in [0.1, 0.15) is 46.2 Å². The Morgan fingerprint density at radius 3 is 2.47 bits per heavy atom. The lowest BCUT2D eigenvalue weighted by molar-refractivity contribution is 0.263. The van der Waals surface area contributed by atoms with E-state index in [1.54, 1.807) is 6.07 Å². The molecule has 96 valence electrons. The largest absolute Gasteiger partial charge is 0.491 e. The van der Waals surface area contributed by atoms with Crippen molar-refractivity contribution in [1.82, 2.24) is 9.78 Å². The van der Waals surface area contributed by atoms with Crippen molar-refractivity contribution < 1.29 is 4.74 Å². The molecule has 0 aromatic carbocycles. The molecule has 1 aromatic rings. The summed E-state index contributed by atoms with van der Waals surface area (Å²) in [6.07, 6.45) is 0. The van der Waals surface area contributed by atoms with Crippen LogP contribution in [0.3, 0.4) is 0 Å². The average molecular weight is 238 g/mol. The van der Waals surface area contributed by atoms with E-state index in [0.29, 0.717) is 24.8 Å². The standard InChI is InChI=1S/C13H22N2O2/c1-6-15-12(16)7-11(17-8-9(2)3)13(14-15)10(4)5/h7,9-10H,6,8H2,1-5H3. The van der Waals surface area contributed by atoms with Gasteiger partial charge in [-0.2, -0.15) is 5.10 Å². The highest BCUT2D eigenvalue weighted by atomic mass is 16.5. The third kappa shape index (κ3) is 3.58. The summed E-state index contributed by atoms with van der Waals surface area (Å²) in [7, 11) is 0. The van der Waals surface area contributed by atoms with Crippen LogP contribution in [0.15, 0.2) is 10.9 Å². The summed E-state index contributed by atoms with van der Waals surface area (Å²) in [5.41, 5.74) is 0.753. The van der Waals surface area contributed by atoms with Crippen LogP contribution in [0.4, 0.5) is 0 Å². The quantitative estimate of drug-likeness (QED) is 0.791. The van der Waals surface area contributed by atoms with Crippen molar-refractivity contribution in [2.24, 2.45) is 5.92 Å². The van der Waals surface area contributed by atoms with E-state index in [-0.39, 0.29) is 11.5 Å². The van der Waals surface area contributed by atoms with Crippen molar-refractivity contribution in [3.8, 4) is 5.75 Å². The first-order chi connectivity index (χ1) is 7.95. The van der Waals surface area contributed by atoms with E-state index in [4.69, 9.17) is 4.74 Å². The molecule has 1 heterocycles. The molecule has 0 saturated heterocycles. The van der Waals surface area contributed by atoms with Gasteiger partial charge in [-0.05, 0) is 12.8 Å². The van der Waals surface area contributed by atoms with Gasteiger partial charge in [-0.1, -0.05) is 27.7 Å². The molecule has 0 aliphatic heterocycles. The predicted octanol–water partition coefficient (Wildman–Crippen LogP) is 2.42. The van der Waals surface area contributed by atoms with E-state index in [1.807, 2.05) is 6.92 Å². The lowest BCUT2D eigenvalue weighted by Gasteiger charge is -2.15. The van der Waals surface area contributed by atoms with Crippen LogP contribution in [0.5, 0.6) is 5.75 Å². The number of aromatic nitrogens is 2. The molecule has 0 aliphatic carbocycles. The van der Waals surface area contributed by atoms with E-state index in [0.717, 1.165) is 5.69 Å². The zero-order valence-electron chi connectivity index (χ0n) is 11.4. The second-order valence-corrected chi connectivity index (χ2v) is 4.91. The fraction of sp³-hybridized carbons (Fsp3) is 0.692. The minimum absolute atomic E-state index is 0.101. The SMILES string of the molecule is CCn1nc(C(C)C)c(OCC(C)C)cc1=O. The van der Waals surface area contributed by atoms with Crippen molar-refractivity contribution in [3.05, 3.63) is 22.1 Å². The molecule has 1 rings (SSSR count). The Bertz CT molecular complexity index is 422. The molecule has 0 saturated carbocycles. The molecule has 0 unspecified atom stereocenters. The van der Waals surface area contributed by atoms with Crippen molar-refractivity contribution in [2.45, 2.75) is 47.1 Å². The lowest BCUT2D eigenvalue weighted by Crippen LogP contribution is -2.24. The molecule has 0 amide bonds. The predicted molar refractivity (Wildman–Crippen MR) is 68.6 cm³/mol. The highest BCUT2D eigenvalue weighted by Gasteiger charge is 2.13. The fourth-order valence-corrected chi connectivity index (χ4v) is 1.49. The van der Waals surface area contributed by atoms with Gasteiger partial charge in [-0.3, -0.25) is 4.79 Å². The molecule has 0 fully saturated rings. The maximum Gasteiger partial charge on any atom is 0.270 e. The normalized spacial score (nSPS) is 11.2. The van der Waals surface area contributed by atoms with Gasteiger partial charge in [0.05, 0.1) is 6.61 Å². The van der Waals surface area contributed by atoms with E-state index >= 15 is 0 Å². The number of hydrogen-bond acceptors (Lipinski definition) is 3. The van der Waals surface area contributed by atoms with Crippen LogP contribution in [0.2, 0.25) is 0 Å². The Hall–Kier alpha value is -1.32. The van der Waals surface area contributed by atoms with E-state index in [9.17, 15) is 4.79 Å². The van der Waals surface area contributed by atoms with Crippen LogP contribution in [0, 0.1) is 5.92 Å². The monoisotopic (exact) mass is 238 g/mol. The van der Waals surface area contributed by atoms with Gasteiger partial charge < -0.3 is 4.74 Å². The van der Waals surface area contributed by atoms with Crippen LogP contribution < -0.4 is 10.3 Å². The first kappa shape index (κ1) is 13.7. The molecule has 0 radical (unpaired) electrons. The van der Waals surface area contributed by atoms with E-state index in [2.05, 4.69) is 32.8 Å². The summed E-state index contributed by atoms with van der Waals surface area (Å²) in [6.45, 7) is 11.4. The van der Waals surface area contributed by atoms with Gasteiger partial charge in [-0.15, -0.1) is 0 Å². The molecule has 4 heteroatoms. The first-order valence-electron chi connectivity index (χ1n) is 6.20. The van der Waals surface area contributed by atoms with Crippen molar-refractivity contribution in [3.63, 3.8) is 0 Å². The highest BCUT2D eigenvalue weighted by molar-refractivity contribution is 5.27. The summed E-state index contributed by atoms with van der Waals surface area (Å²) < 4.78 is 7.13. The van der Waals surface area contributed by atoms with Crippen LogP contribution in [0.25, 0.3) is 0 Å². The van der Waals surface area contributed by atoms with E-state index in [1.165, 1.54) is 4.68 Å². The van der Waals surface area contributed by atoms with Gasteiger partial charge in [0.25, 0.3) is 5.56 Å². The molecular formula is C13H22N2O2. The molecule has 0 spiro atoms. The Morgan fingerprint density at radius 1 is 1.35 bits per heavy atom. The lowest BCUT2D eigenvalue weighted by atomic mass is 10.1. The van der Waals surface area contributed by atoms with Crippen molar-refractivity contribution in [2.75, 3.05) is 6.61 Å². The second-order valence-electron chi connectivity index (χ2n) is 4.91. The summed E-state index contributed by atoms with van der Waals surface area (Å²) in [6, 6.07) is 1.55. The summed E-state index contributed by atoms with van der Waals surface area (Å²) in [4.78, 5) is 11.7. The highest BCUT2D eigenvalue weighted by Crippen LogP contribution is 2.22. The number of ether oxygens (including phenoxy) is 1. The topological polar surface area (TPSA) is 44.1 Å². The number of rotatable bonds is 5. The Balaban J connectivity index is 3.09. The molecular weight excluding hydrogens is 216 g/mol. The first-order valence-corrected chi connectivity index (χ1v) is 6.20. The van der Waals surface area contributed by atoms with Crippen LogP contribution >= 0.6 is 0 Å². The minimum atomic E-state index is -0.101. The van der Waals surface area contributed by atoms with E-state index < -0.39 is 0 Å². The zero-order valence-corrected chi connectivity index (χ0v) is 11.4. The average Bonchev–Trinajstić information content (AvgIpc) is 2.25. The third-order valence-electron chi connectivity index (χ3n) is 2.41. The third-order valence-corrected chi connectivity index (χ3v) is 2.41. The van der Waals surface area contributed by atoms with Gasteiger partial charge in [0.15, 0.2) is 0 Å². The summed E-state index contributed by atoms with van der Waals surface area (Å²) >= 11 is 0. The molecule has 0 bridgehead atoms. The number of hydrogen-bond donors (Lipinski definition) is 0. The molecule has 0 atom stereocenters. The van der Waals surface area contributed by atoms with Crippen molar-refractivity contribution >= 4 is 0 Å². The minimum Gasteiger partial charge on any atom is -0.491 e. The Kier molecular flexibility index (Phi) is 4.73. The van der Waals surface area contributed by atoms with Crippen molar-refractivity contribution in [1.29, 1.82) is 0 Å². The smallest absolute Gasteiger partial charge is 0.270 e. The molecule has 1 aromatic heterocycles. The van der Waals surface area contributed by atoms with Gasteiger partial charge in [0.2, 0.25) is 0 Å². The number of aryl methyl sites for hydroxylation is 1. The molecule has 4 nitrogen and oxygen atoms in total. The molecule has 0 aliphatic rings. The van der Waals surface area contributed by atoms with Crippen LogP contribution in [-0.2, 0) is 6.54 Å². The number of nitrogens with zero attached hydrogens (tertiary/aromatic N) is 2. The van der Waals surface area contributed by atoms with Crippen LogP contribution in [-0.4, -0.2) is 16.4 Å². The van der Waals surface area contributed by atoms with Gasteiger partial charge >= 0.3 is 0 Å². The maximum absolute atomic E-state index is 11.7. The second kappa shape index (κ2) is 5.84. The van der Waals surface area contributed by atoms with Gasteiger partial charge in [-0.25, -0.2) is 4.68 Å². The van der Waals surface area contributed by atoms with Gasteiger partial charge in [0, 0.05) is 18.5 Å². The molecule has 17 heavy (non-hydrogen) atoms. The summed E-state index contributed by atoms with van der Waals surface area (Å²) in [5, 5.41) is 4.35. The fourth-order valence-electron chi connectivity index (χ4n) is 1.49. The zero-order chi connectivity index (χ0) is 13.0. The maximum atomic E-state index is 11.7. The Labute approximate surface area is 103 Å². The van der Waals surface area contributed by atoms with Gasteiger partial charge in [0.1, 0.15) is 11.4 Å².